The summed E-state index contributed by atoms with van der Waals surface area (Å²) < 4.78 is 5.48. The number of benzene rings is 1. The Morgan fingerprint density at radius 2 is 2.15 bits per heavy atom. The van der Waals surface area contributed by atoms with Gasteiger partial charge in [-0.3, -0.25) is 0 Å². The normalized spacial score (nSPS) is 19.3. The lowest BCUT2D eigenvalue weighted by molar-refractivity contribution is 0.137. The SMILES string of the molecule is NCCC1OC=Cc2ccccc21. The van der Waals surface area contributed by atoms with E-state index in [4.69, 9.17) is 10.5 Å². The highest BCUT2D eigenvalue weighted by Crippen LogP contribution is 2.29. The number of ether oxygens (including phenoxy) is 1. The Bertz CT molecular complexity index is 320. The van der Waals surface area contributed by atoms with Crippen molar-refractivity contribution in [3.63, 3.8) is 0 Å². The lowest BCUT2D eigenvalue weighted by Gasteiger charge is -2.21. The van der Waals surface area contributed by atoms with Crippen LogP contribution in [0.4, 0.5) is 0 Å². The zero-order chi connectivity index (χ0) is 9.10. The maximum Gasteiger partial charge on any atom is 0.125 e. The molecule has 0 aliphatic carbocycles. The van der Waals surface area contributed by atoms with Crippen molar-refractivity contribution in [1.29, 1.82) is 0 Å². The second-order valence-corrected chi connectivity index (χ2v) is 3.13. The molecular weight excluding hydrogens is 162 g/mol. The summed E-state index contributed by atoms with van der Waals surface area (Å²) in [6, 6.07) is 8.26. The van der Waals surface area contributed by atoms with Gasteiger partial charge in [-0.1, -0.05) is 24.3 Å². The third-order valence-corrected chi connectivity index (χ3v) is 2.26. The summed E-state index contributed by atoms with van der Waals surface area (Å²) >= 11 is 0. The second kappa shape index (κ2) is 3.62. The van der Waals surface area contributed by atoms with E-state index < -0.39 is 0 Å². The first-order chi connectivity index (χ1) is 6.42. The molecular formula is C11H13NO. The molecule has 2 N–H and O–H groups in total. The van der Waals surface area contributed by atoms with Crippen molar-refractivity contribution >= 4 is 6.08 Å². The van der Waals surface area contributed by atoms with Crippen molar-refractivity contribution in [2.75, 3.05) is 6.54 Å². The van der Waals surface area contributed by atoms with E-state index in [0.29, 0.717) is 6.54 Å². The molecule has 1 aliphatic heterocycles. The van der Waals surface area contributed by atoms with Crippen LogP contribution in [0.2, 0.25) is 0 Å². The maximum absolute atomic E-state index is 5.51. The molecule has 2 heteroatoms. The van der Waals surface area contributed by atoms with E-state index in [1.54, 1.807) is 6.26 Å². The van der Waals surface area contributed by atoms with E-state index in [1.807, 2.05) is 18.2 Å². The van der Waals surface area contributed by atoms with Gasteiger partial charge in [-0.2, -0.15) is 0 Å². The van der Waals surface area contributed by atoms with Crippen molar-refractivity contribution < 1.29 is 4.74 Å². The van der Waals surface area contributed by atoms with Crippen molar-refractivity contribution in [3.8, 4) is 0 Å². The van der Waals surface area contributed by atoms with Crippen LogP contribution < -0.4 is 5.73 Å². The van der Waals surface area contributed by atoms with E-state index in [0.717, 1.165) is 6.42 Å². The van der Waals surface area contributed by atoms with E-state index in [1.165, 1.54) is 11.1 Å². The van der Waals surface area contributed by atoms with E-state index in [-0.39, 0.29) is 6.10 Å². The molecule has 0 saturated carbocycles. The number of nitrogens with two attached hydrogens (primary N) is 1. The van der Waals surface area contributed by atoms with Gasteiger partial charge in [-0.05, 0) is 23.7 Å². The lowest BCUT2D eigenvalue weighted by Crippen LogP contribution is -2.11. The zero-order valence-corrected chi connectivity index (χ0v) is 7.44. The van der Waals surface area contributed by atoms with Crippen LogP contribution in [0.3, 0.4) is 0 Å². The molecule has 1 aliphatic rings. The third-order valence-electron chi connectivity index (χ3n) is 2.26. The van der Waals surface area contributed by atoms with Gasteiger partial charge in [0.25, 0.3) is 0 Å². The lowest BCUT2D eigenvalue weighted by atomic mass is 9.99. The Morgan fingerprint density at radius 3 is 3.00 bits per heavy atom. The molecule has 0 saturated heterocycles. The Balaban J connectivity index is 2.32. The molecule has 0 radical (unpaired) electrons. The van der Waals surface area contributed by atoms with Gasteiger partial charge >= 0.3 is 0 Å². The van der Waals surface area contributed by atoms with Crippen LogP contribution in [0.5, 0.6) is 0 Å². The molecule has 1 heterocycles. The summed E-state index contributed by atoms with van der Waals surface area (Å²) in [7, 11) is 0. The minimum absolute atomic E-state index is 0.145. The van der Waals surface area contributed by atoms with Gasteiger partial charge in [0.05, 0.1) is 6.26 Å². The van der Waals surface area contributed by atoms with Gasteiger partial charge in [0, 0.05) is 6.42 Å². The zero-order valence-electron chi connectivity index (χ0n) is 7.44. The molecule has 0 spiro atoms. The average Bonchev–Trinajstić information content (AvgIpc) is 2.19. The number of hydrogen-bond donors (Lipinski definition) is 1. The van der Waals surface area contributed by atoms with E-state index in [9.17, 15) is 0 Å². The highest BCUT2D eigenvalue weighted by molar-refractivity contribution is 5.55. The van der Waals surface area contributed by atoms with Crippen molar-refractivity contribution in [2.45, 2.75) is 12.5 Å². The topological polar surface area (TPSA) is 35.2 Å². The summed E-state index contributed by atoms with van der Waals surface area (Å²) in [5.41, 5.74) is 8.00. The predicted octanol–water partition coefficient (Wildman–Crippen LogP) is 2.08. The quantitative estimate of drug-likeness (QED) is 0.746. The first-order valence-electron chi connectivity index (χ1n) is 4.53. The van der Waals surface area contributed by atoms with Crippen LogP contribution in [-0.4, -0.2) is 6.54 Å². The molecule has 0 bridgehead atoms. The van der Waals surface area contributed by atoms with Gasteiger partial charge in [-0.15, -0.1) is 0 Å². The molecule has 2 nitrogen and oxygen atoms in total. The maximum atomic E-state index is 5.51. The highest BCUT2D eigenvalue weighted by atomic mass is 16.5. The monoisotopic (exact) mass is 175 g/mol. The minimum Gasteiger partial charge on any atom is -0.493 e. The Hall–Kier alpha value is -1.28. The van der Waals surface area contributed by atoms with Crippen LogP contribution >= 0.6 is 0 Å². The first-order valence-corrected chi connectivity index (χ1v) is 4.53. The summed E-state index contributed by atoms with van der Waals surface area (Å²) in [5, 5.41) is 0. The van der Waals surface area contributed by atoms with E-state index in [2.05, 4.69) is 12.1 Å². The summed E-state index contributed by atoms with van der Waals surface area (Å²) in [5.74, 6) is 0. The fraction of sp³-hybridized carbons (Fsp3) is 0.273. The molecule has 0 aromatic heterocycles. The van der Waals surface area contributed by atoms with Gasteiger partial charge in [-0.25, -0.2) is 0 Å². The fourth-order valence-corrected chi connectivity index (χ4v) is 1.61. The molecule has 1 aromatic carbocycles. The summed E-state index contributed by atoms with van der Waals surface area (Å²) in [6.45, 7) is 0.660. The van der Waals surface area contributed by atoms with Gasteiger partial charge in [0.15, 0.2) is 0 Å². The molecule has 1 atom stereocenters. The largest absolute Gasteiger partial charge is 0.493 e. The fourth-order valence-electron chi connectivity index (χ4n) is 1.61. The minimum atomic E-state index is 0.145. The molecule has 0 amide bonds. The Morgan fingerprint density at radius 1 is 1.31 bits per heavy atom. The van der Waals surface area contributed by atoms with Crippen LogP contribution in [0.15, 0.2) is 30.5 Å². The van der Waals surface area contributed by atoms with Crippen molar-refractivity contribution in [2.24, 2.45) is 5.73 Å². The van der Waals surface area contributed by atoms with Gasteiger partial charge in [0.2, 0.25) is 0 Å². The van der Waals surface area contributed by atoms with Crippen LogP contribution in [0.25, 0.3) is 6.08 Å². The molecule has 1 aromatic rings. The molecule has 0 fully saturated rings. The van der Waals surface area contributed by atoms with Crippen LogP contribution in [0.1, 0.15) is 23.7 Å². The van der Waals surface area contributed by atoms with Crippen molar-refractivity contribution in [1.82, 2.24) is 0 Å². The standard InChI is InChI=1S/C11H13NO/c12-7-5-11-10-4-2-1-3-9(10)6-8-13-11/h1-4,6,8,11H,5,7,12H2. The highest BCUT2D eigenvalue weighted by Gasteiger charge is 2.16. The third kappa shape index (κ3) is 1.58. The number of fused-ring (bicyclic) bond motifs is 1. The van der Waals surface area contributed by atoms with Crippen LogP contribution in [-0.2, 0) is 4.74 Å². The first kappa shape index (κ1) is 8.32. The Labute approximate surface area is 78.0 Å². The molecule has 1 unspecified atom stereocenters. The van der Waals surface area contributed by atoms with Crippen LogP contribution in [0, 0.1) is 0 Å². The average molecular weight is 175 g/mol. The molecule has 68 valence electrons. The second-order valence-electron chi connectivity index (χ2n) is 3.13. The predicted molar refractivity (Wildman–Crippen MR) is 53.0 cm³/mol. The van der Waals surface area contributed by atoms with Gasteiger partial charge in [0.1, 0.15) is 6.10 Å². The molecule has 13 heavy (non-hydrogen) atoms. The van der Waals surface area contributed by atoms with Gasteiger partial charge < -0.3 is 10.5 Å². The summed E-state index contributed by atoms with van der Waals surface area (Å²) in [6.07, 6.45) is 4.76. The Kier molecular flexibility index (Phi) is 2.32. The van der Waals surface area contributed by atoms with Crippen molar-refractivity contribution in [3.05, 3.63) is 41.7 Å². The van der Waals surface area contributed by atoms with E-state index >= 15 is 0 Å². The number of rotatable bonds is 2. The smallest absolute Gasteiger partial charge is 0.125 e. The number of hydrogen-bond acceptors (Lipinski definition) is 2. The summed E-state index contributed by atoms with van der Waals surface area (Å²) in [4.78, 5) is 0. The molecule has 2 rings (SSSR count).